The van der Waals surface area contributed by atoms with Crippen molar-refractivity contribution in [3.05, 3.63) is 52.7 Å². The minimum Gasteiger partial charge on any atom is -0.483 e. The molecule has 1 aromatic carbocycles. The number of piperazine rings is 1. The van der Waals surface area contributed by atoms with Crippen LogP contribution in [-0.2, 0) is 18.0 Å². The van der Waals surface area contributed by atoms with E-state index < -0.39 is 17.8 Å². The number of anilines is 1. The molecule has 2 aromatic heterocycles. The van der Waals surface area contributed by atoms with Crippen LogP contribution in [0.3, 0.4) is 0 Å². The summed E-state index contributed by atoms with van der Waals surface area (Å²) in [5.74, 6) is -0.937. The van der Waals surface area contributed by atoms with Gasteiger partial charge < -0.3 is 25.6 Å². The minimum atomic E-state index is -4.66. The second kappa shape index (κ2) is 12.9. The van der Waals surface area contributed by atoms with Gasteiger partial charge in [0.25, 0.3) is 18.3 Å². The number of hydrogen-bond acceptors (Lipinski definition) is 7. The fourth-order valence-corrected chi connectivity index (χ4v) is 4.93. The monoisotopic (exact) mass is 610 g/mol. The van der Waals surface area contributed by atoms with Gasteiger partial charge in [0, 0.05) is 58.2 Å². The van der Waals surface area contributed by atoms with Crippen molar-refractivity contribution in [1.29, 1.82) is 0 Å². The number of carbonyl (C=O) groups is 3. The lowest BCUT2D eigenvalue weighted by Gasteiger charge is -2.34. The second-order valence-electron chi connectivity index (χ2n) is 9.80. The molecule has 16 heteroatoms. The van der Waals surface area contributed by atoms with Crippen LogP contribution in [0.1, 0.15) is 45.6 Å². The predicted molar refractivity (Wildman–Crippen MR) is 147 cm³/mol. The van der Waals surface area contributed by atoms with Gasteiger partial charge in [-0.25, -0.2) is 4.98 Å². The van der Waals surface area contributed by atoms with Gasteiger partial charge in [-0.05, 0) is 31.0 Å². The van der Waals surface area contributed by atoms with E-state index in [4.69, 9.17) is 27.2 Å². The number of nitrogens with zero attached hydrogens (tertiary/aromatic N) is 6. The van der Waals surface area contributed by atoms with Crippen molar-refractivity contribution in [1.82, 2.24) is 29.1 Å². The van der Waals surface area contributed by atoms with Crippen molar-refractivity contribution < 1.29 is 32.7 Å². The molecule has 12 nitrogen and oxygen atoms in total. The summed E-state index contributed by atoms with van der Waals surface area (Å²) in [6, 6.07) is 4.50. The highest BCUT2D eigenvalue weighted by Crippen LogP contribution is 2.41. The van der Waals surface area contributed by atoms with Gasteiger partial charge in [-0.15, -0.1) is 0 Å². The van der Waals surface area contributed by atoms with E-state index in [-0.39, 0.29) is 40.5 Å². The number of rotatable bonds is 7. The number of alkyl halides is 3. The van der Waals surface area contributed by atoms with Crippen LogP contribution >= 0.6 is 11.6 Å². The normalized spacial score (nSPS) is 15.6. The van der Waals surface area contributed by atoms with Crippen molar-refractivity contribution in [2.75, 3.05) is 44.6 Å². The van der Waals surface area contributed by atoms with Gasteiger partial charge in [-0.3, -0.25) is 24.0 Å². The van der Waals surface area contributed by atoms with Crippen molar-refractivity contribution in [3.8, 4) is 11.3 Å². The van der Waals surface area contributed by atoms with E-state index in [1.807, 2.05) is 0 Å². The van der Waals surface area contributed by atoms with Crippen molar-refractivity contribution in [3.63, 3.8) is 0 Å². The summed E-state index contributed by atoms with van der Waals surface area (Å²) in [6.45, 7) is 3.67. The summed E-state index contributed by atoms with van der Waals surface area (Å²) >= 11 is 6.40. The summed E-state index contributed by atoms with van der Waals surface area (Å²) in [4.78, 5) is 42.3. The molecule has 2 fully saturated rings. The Hall–Kier alpha value is -3.95. The SMILES string of the molecule is Cn1c(-c2cn(C3CC3)nc2C(F)(F)F)cnc1C(=O)Nc1ccc(C(=O)N2CCN(CCN)CC2)c(Cl)c1.O=CO. The molecular formula is C26H30ClF3N8O4. The molecule has 2 amide bonds. The molecule has 0 unspecified atom stereocenters. The molecule has 2 aliphatic rings. The van der Waals surface area contributed by atoms with E-state index in [0.29, 0.717) is 30.9 Å². The van der Waals surface area contributed by atoms with Crippen LogP contribution in [0.4, 0.5) is 18.9 Å². The van der Waals surface area contributed by atoms with Crippen LogP contribution in [0.2, 0.25) is 5.02 Å². The van der Waals surface area contributed by atoms with Gasteiger partial charge >= 0.3 is 6.18 Å². The van der Waals surface area contributed by atoms with E-state index in [0.717, 1.165) is 32.5 Å². The number of halogens is 4. The highest BCUT2D eigenvalue weighted by atomic mass is 35.5. The molecular weight excluding hydrogens is 581 g/mol. The number of carbonyl (C=O) groups excluding carboxylic acids is 2. The Morgan fingerprint density at radius 3 is 2.45 bits per heavy atom. The number of benzene rings is 1. The van der Waals surface area contributed by atoms with Gasteiger partial charge in [0.05, 0.1) is 34.1 Å². The first-order valence-corrected chi connectivity index (χ1v) is 13.4. The third-order valence-electron chi connectivity index (χ3n) is 6.95. The van der Waals surface area contributed by atoms with Crippen LogP contribution in [-0.4, -0.2) is 91.8 Å². The molecule has 3 aromatic rings. The van der Waals surface area contributed by atoms with Crippen LogP contribution < -0.4 is 11.1 Å². The summed E-state index contributed by atoms with van der Waals surface area (Å²) in [6.07, 6.45) is -0.533. The summed E-state index contributed by atoms with van der Waals surface area (Å²) in [7, 11) is 1.47. The summed E-state index contributed by atoms with van der Waals surface area (Å²) in [5, 5.41) is 13.5. The smallest absolute Gasteiger partial charge is 0.435 e. The fourth-order valence-electron chi connectivity index (χ4n) is 4.67. The van der Waals surface area contributed by atoms with Gasteiger partial charge in [0.2, 0.25) is 0 Å². The lowest BCUT2D eigenvalue weighted by molar-refractivity contribution is -0.141. The highest BCUT2D eigenvalue weighted by molar-refractivity contribution is 6.34. The van der Waals surface area contributed by atoms with E-state index in [2.05, 4.69) is 20.3 Å². The first-order valence-electron chi connectivity index (χ1n) is 13.1. The molecule has 1 saturated heterocycles. The predicted octanol–water partition coefficient (Wildman–Crippen LogP) is 2.96. The molecule has 1 saturated carbocycles. The first kappa shape index (κ1) is 31.0. The third kappa shape index (κ3) is 6.91. The number of nitrogens with two attached hydrogens (primary N) is 1. The van der Waals surface area contributed by atoms with E-state index >= 15 is 0 Å². The zero-order valence-electron chi connectivity index (χ0n) is 22.6. The van der Waals surface area contributed by atoms with Gasteiger partial charge in [-0.2, -0.15) is 18.3 Å². The Morgan fingerprint density at radius 1 is 1.21 bits per heavy atom. The summed E-state index contributed by atoms with van der Waals surface area (Å²) < 4.78 is 43.7. The van der Waals surface area contributed by atoms with Crippen LogP contribution in [0, 0.1) is 0 Å². The minimum absolute atomic E-state index is 0.0452. The quantitative estimate of drug-likeness (QED) is 0.345. The Bertz CT molecular complexity index is 1450. The molecule has 0 radical (unpaired) electrons. The van der Waals surface area contributed by atoms with E-state index in [1.165, 1.54) is 40.8 Å². The lowest BCUT2D eigenvalue weighted by Crippen LogP contribution is -2.49. The standard InChI is InChI=1S/C25H28ClF3N8O2.CH2O2/c1-34-20(18-14-37(16-3-4-16)33-21(18)25(27,28)29)13-31-22(34)23(38)32-15-2-5-17(19(26)12-15)24(39)36-10-8-35(7-6-30)9-11-36;2-1-3/h2,5,12-14,16H,3-4,6-11,30H2,1H3,(H,32,38);1H,(H,2,3). The van der Waals surface area contributed by atoms with Crippen LogP contribution in [0.15, 0.2) is 30.6 Å². The molecule has 5 rings (SSSR count). The topological polar surface area (TPSA) is 152 Å². The average Bonchev–Trinajstić information content (AvgIpc) is 3.57. The number of imidazole rings is 1. The molecule has 42 heavy (non-hydrogen) atoms. The molecule has 1 aliphatic heterocycles. The highest BCUT2D eigenvalue weighted by Gasteiger charge is 2.40. The maximum Gasteiger partial charge on any atom is 0.435 e. The number of amides is 2. The van der Waals surface area contributed by atoms with E-state index in [9.17, 15) is 22.8 Å². The number of hydrogen-bond donors (Lipinski definition) is 3. The number of carboxylic acid groups (broad SMARTS) is 1. The molecule has 0 atom stereocenters. The average molecular weight is 611 g/mol. The maximum absolute atomic E-state index is 13.7. The molecule has 1 aliphatic carbocycles. The maximum atomic E-state index is 13.7. The van der Waals surface area contributed by atoms with Crippen LogP contribution in [0.25, 0.3) is 11.3 Å². The molecule has 226 valence electrons. The Balaban J connectivity index is 0.00000129. The first-order chi connectivity index (χ1) is 20.0. The zero-order chi connectivity index (χ0) is 30.6. The Kier molecular flexibility index (Phi) is 9.53. The van der Waals surface area contributed by atoms with E-state index in [1.54, 1.807) is 11.0 Å². The Morgan fingerprint density at radius 2 is 1.88 bits per heavy atom. The van der Waals surface area contributed by atoms with Crippen molar-refractivity contribution >= 4 is 35.6 Å². The lowest BCUT2D eigenvalue weighted by atomic mass is 10.1. The van der Waals surface area contributed by atoms with Crippen molar-refractivity contribution in [2.24, 2.45) is 12.8 Å². The van der Waals surface area contributed by atoms with Gasteiger partial charge in [0.15, 0.2) is 11.5 Å². The molecule has 0 spiro atoms. The Labute approximate surface area is 243 Å². The largest absolute Gasteiger partial charge is 0.483 e. The van der Waals surface area contributed by atoms with Gasteiger partial charge in [0.1, 0.15) is 0 Å². The second-order valence-corrected chi connectivity index (χ2v) is 10.2. The van der Waals surface area contributed by atoms with Crippen LogP contribution in [0.5, 0.6) is 0 Å². The molecule has 0 bridgehead atoms. The summed E-state index contributed by atoms with van der Waals surface area (Å²) in [5.41, 5.74) is 5.19. The third-order valence-corrected chi connectivity index (χ3v) is 7.26. The number of nitrogens with one attached hydrogen (secondary N) is 1. The fraction of sp³-hybridized carbons (Fsp3) is 0.423. The zero-order valence-corrected chi connectivity index (χ0v) is 23.4. The van der Waals surface area contributed by atoms with Gasteiger partial charge in [-0.1, -0.05) is 11.6 Å². The van der Waals surface area contributed by atoms with Crippen molar-refractivity contribution in [2.45, 2.75) is 25.1 Å². The molecule has 4 N–H and O–H groups in total. The number of aromatic nitrogens is 4. The molecule has 3 heterocycles.